The molecular formula is C19H18ClN5O. The molecule has 1 aromatic heterocycles. The van der Waals surface area contributed by atoms with Gasteiger partial charge in [0.1, 0.15) is 0 Å². The molecule has 2 N–H and O–H groups in total. The Bertz CT molecular complexity index is 898. The van der Waals surface area contributed by atoms with Crippen molar-refractivity contribution >= 4 is 34.8 Å². The second-order valence-electron chi connectivity index (χ2n) is 5.73. The fraction of sp³-hybridized carbons (Fsp3) is 0.158. The van der Waals surface area contributed by atoms with Crippen LogP contribution in [-0.4, -0.2) is 27.5 Å². The van der Waals surface area contributed by atoms with Gasteiger partial charge < -0.3 is 10.6 Å². The van der Waals surface area contributed by atoms with Crippen LogP contribution in [0.1, 0.15) is 22.8 Å². The molecule has 1 heterocycles. The van der Waals surface area contributed by atoms with Crippen LogP contribution in [-0.2, 0) is 6.42 Å². The lowest BCUT2D eigenvalue weighted by molar-refractivity contribution is 0.101. The molecule has 3 aromatic rings. The van der Waals surface area contributed by atoms with E-state index in [2.05, 4.69) is 25.8 Å². The number of carbonyl (C=O) groups is 1. The monoisotopic (exact) mass is 367 g/mol. The molecule has 0 spiro atoms. The molecule has 7 heteroatoms. The van der Waals surface area contributed by atoms with Gasteiger partial charge in [-0.05, 0) is 55.3 Å². The van der Waals surface area contributed by atoms with E-state index in [0.29, 0.717) is 23.9 Å². The summed E-state index contributed by atoms with van der Waals surface area (Å²) in [5, 5.41) is 15.0. The first-order valence-corrected chi connectivity index (χ1v) is 8.54. The lowest BCUT2D eigenvalue weighted by Gasteiger charge is -2.08. The van der Waals surface area contributed by atoms with Gasteiger partial charge in [0.25, 0.3) is 0 Å². The minimum Gasteiger partial charge on any atom is -0.368 e. The van der Waals surface area contributed by atoms with Crippen LogP contribution in [0.25, 0.3) is 0 Å². The Hall–Kier alpha value is -2.99. The van der Waals surface area contributed by atoms with E-state index in [1.807, 2.05) is 24.3 Å². The van der Waals surface area contributed by atoms with E-state index in [0.717, 1.165) is 22.7 Å². The maximum atomic E-state index is 11.3. The van der Waals surface area contributed by atoms with Gasteiger partial charge in [-0.25, -0.2) is 0 Å². The van der Waals surface area contributed by atoms with Crippen LogP contribution < -0.4 is 10.6 Å². The minimum atomic E-state index is 0.0281. The average Bonchev–Trinajstić information content (AvgIpc) is 2.63. The molecule has 0 aliphatic carbocycles. The number of Topliss-reactive ketones (excluding diaryl/α,β-unsaturated/α-hetero) is 1. The van der Waals surface area contributed by atoms with Crippen LogP contribution in [0.4, 0.5) is 17.5 Å². The minimum absolute atomic E-state index is 0.0281. The van der Waals surface area contributed by atoms with Crippen LogP contribution in [0.15, 0.2) is 54.7 Å². The Morgan fingerprint density at radius 1 is 1.15 bits per heavy atom. The molecule has 0 unspecified atom stereocenters. The van der Waals surface area contributed by atoms with Gasteiger partial charge in [-0.3, -0.25) is 4.79 Å². The zero-order valence-corrected chi connectivity index (χ0v) is 15.0. The Morgan fingerprint density at radius 2 is 1.96 bits per heavy atom. The third-order valence-corrected chi connectivity index (χ3v) is 3.95. The smallest absolute Gasteiger partial charge is 0.249 e. The molecule has 0 aliphatic rings. The topological polar surface area (TPSA) is 79.8 Å². The Kier molecular flexibility index (Phi) is 5.76. The van der Waals surface area contributed by atoms with Crippen molar-refractivity contribution in [3.63, 3.8) is 0 Å². The summed E-state index contributed by atoms with van der Waals surface area (Å²) in [7, 11) is 0. The van der Waals surface area contributed by atoms with Crippen LogP contribution in [0.5, 0.6) is 0 Å². The second-order valence-corrected chi connectivity index (χ2v) is 6.17. The van der Waals surface area contributed by atoms with Crippen LogP contribution in [0, 0.1) is 0 Å². The van der Waals surface area contributed by atoms with Crippen molar-refractivity contribution in [2.75, 3.05) is 17.2 Å². The molecule has 26 heavy (non-hydrogen) atoms. The lowest BCUT2D eigenvalue weighted by Crippen LogP contribution is -2.08. The van der Waals surface area contributed by atoms with E-state index in [9.17, 15) is 4.79 Å². The first-order valence-electron chi connectivity index (χ1n) is 8.16. The lowest BCUT2D eigenvalue weighted by atomic mass is 10.1. The number of anilines is 3. The molecule has 6 nitrogen and oxygen atoms in total. The zero-order valence-electron chi connectivity index (χ0n) is 14.2. The Balaban J connectivity index is 1.58. The van der Waals surface area contributed by atoms with Gasteiger partial charge >= 0.3 is 0 Å². The number of aromatic nitrogens is 3. The summed E-state index contributed by atoms with van der Waals surface area (Å²) in [6, 6.07) is 14.9. The first kappa shape index (κ1) is 17.8. The van der Waals surface area contributed by atoms with Gasteiger partial charge in [0.2, 0.25) is 5.95 Å². The fourth-order valence-electron chi connectivity index (χ4n) is 2.39. The molecule has 0 saturated carbocycles. The molecule has 2 aromatic carbocycles. The third-order valence-electron chi connectivity index (χ3n) is 3.72. The zero-order chi connectivity index (χ0) is 18.4. The molecule has 0 radical (unpaired) electrons. The normalized spacial score (nSPS) is 10.4. The van der Waals surface area contributed by atoms with Crippen molar-refractivity contribution in [1.82, 2.24) is 15.2 Å². The summed E-state index contributed by atoms with van der Waals surface area (Å²) in [5.41, 5.74) is 2.59. The highest BCUT2D eigenvalue weighted by atomic mass is 35.5. The third kappa shape index (κ3) is 5.00. The summed E-state index contributed by atoms with van der Waals surface area (Å²) in [4.78, 5) is 15.7. The summed E-state index contributed by atoms with van der Waals surface area (Å²) in [5.74, 6) is 1.04. The number of hydrogen-bond acceptors (Lipinski definition) is 6. The molecular weight excluding hydrogens is 350 g/mol. The van der Waals surface area contributed by atoms with Crippen LogP contribution >= 0.6 is 11.6 Å². The molecule has 0 saturated heterocycles. The van der Waals surface area contributed by atoms with E-state index in [1.54, 1.807) is 30.5 Å². The fourth-order valence-corrected chi connectivity index (χ4v) is 2.60. The number of halogens is 1. The summed E-state index contributed by atoms with van der Waals surface area (Å²) in [6.45, 7) is 2.24. The predicted octanol–water partition coefficient (Wildman–Crippen LogP) is 4.13. The highest BCUT2D eigenvalue weighted by molar-refractivity contribution is 6.30. The number of rotatable bonds is 7. The van der Waals surface area contributed by atoms with E-state index >= 15 is 0 Å². The number of benzene rings is 2. The van der Waals surface area contributed by atoms with E-state index < -0.39 is 0 Å². The SMILES string of the molecule is CC(=O)c1ccc(Nc2nncc(NCCc3cccc(Cl)c3)n2)cc1. The van der Waals surface area contributed by atoms with E-state index in [-0.39, 0.29) is 5.78 Å². The van der Waals surface area contributed by atoms with E-state index in [1.165, 1.54) is 6.92 Å². The van der Waals surface area contributed by atoms with Gasteiger partial charge in [-0.2, -0.15) is 10.1 Å². The average molecular weight is 368 g/mol. The summed E-state index contributed by atoms with van der Waals surface area (Å²) < 4.78 is 0. The number of hydrogen-bond donors (Lipinski definition) is 2. The van der Waals surface area contributed by atoms with Gasteiger partial charge in [-0.15, -0.1) is 5.10 Å². The molecule has 0 aliphatic heterocycles. The highest BCUT2D eigenvalue weighted by Gasteiger charge is 2.03. The quantitative estimate of drug-likeness (QED) is 0.611. The van der Waals surface area contributed by atoms with Gasteiger partial charge in [0.05, 0.1) is 6.20 Å². The number of nitrogens with zero attached hydrogens (tertiary/aromatic N) is 3. The van der Waals surface area contributed by atoms with Crippen LogP contribution in [0.2, 0.25) is 5.02 Å². The van der Waals surface area contributed by atoms with Crippen molar-refractivity contribution in [2.45, 2.75) is 13.3 Å². The maximum Gasteiger partial charge on any atom is 0.249 e. The van der Waals surface area contributed by atoms with Gasteiger partial charge in [0, 0.05) is 22.8 Å². The molecule has 0 amide bonds. The molecule has 0 bridgehead atoms. The first-order chi connectivity index (χ1) is 12.6. The molecule has 132 valence electrons. The number of nitrogens with one attached hydrogen (secondary N) is 2. The molecule has 3 rings (SSSR count). The Morgan fingerprint density at radius 3 is 2.69 bits per heavy atom. The largest absolute Gasteiger partial charge is 0.368 e. The van der Waals surface area contributed by atoms with Crippen molar-refractivity contribution in [3.8, 4) is 0 Å². The second kappa shape index (κ2) is 8.40. The summed E-state index contributed by atoms with van der Waals surface area (Å²) >= 11 is 5.99. The highest BCUT2D eigenvalue weighted by Crippen LogP contribution is 2.15. The maximum absolute atomic E-state index is 11.3. The molecule has 0 fully saturated rings. The standard InChI is InChI=1S/C19H18ClN5O/c1-13(26)15-5-7-17(8-6-15)23-19-24-18(12-22-25-19)21-10-9-14-3-2-4-16(20)11-14/h2-8,11-12H,9-10H2,1H3,(H2,21,23,24,25). The van der Waals surface area contributed by atoms with Crippen LogP contribution in [0.3, 0.4) is 0 Å². The van der Waals surface area contributed by atoms with Crippen molar-refractivity contribution in [3.05, 3.63) is 70.9 Å². The number of ketones is 1. The van der Waals surface area contributed by atoms with Crippen molar-refractivity contribution < 1.29 is 4.79 Å². The van der Waals surface area contributed by atoms with Crippen molar-refractivity contribution in [2.24, 2.45) is 0 Å². The van der Waals surface area contributed by atoms with Gasteiger partial charge in [0.15, 0.2) is 11.6 Å². The van der Waals surface area contributed by atoms with Gasteiger partial charge in [-0.1, -0.05) is 23.7 Å². The van der Waals surface area contributed by atoms with Crippen molar-refractivity contribution in [1.29, 1.82) is 0 Å². The van der Waals surface area contributed by atoms with E-state index in [4.69, 9.17) is 11.6 Å². The summed E-state index contributed by atoms with van der Waals surface area (Å²) in [6.07, 6.45) is 2.39. The molecule has 0 atom stereocenters. The number of carbonyl (C=O) groups excluding carboxylic acids is 1. The Labute approximate surface area is 156 Å². The predicted molar refractivity (Wildman–Crippen MR) is 103 cm³/mol.